The van der Waals surface area contributed by atoms with Gasteiger partial charge in [-0.1, -0.05) is 12.1 Å². The lowest BCUT2D eigenvalue weighted by Gasteiger charge is -2.09. The van der Waals surface area contributed by atoms with Crippen LogP contribution < -0.4 is 16.2 Å². The Balaban J connectivity index is 2.33. The molecule has 1 aromatic rings. The van der Waals surface area contributed by atoms with Crippen LogP contribution in [0.25, 0.3) is 0 Å². The van der Waals surface area contributed by atoms with Crippen LogP contribution in [0, 0.1) is 13.8 Å². The number of amides is 3. The van der Waals surface area contributed by atoms with Gasteiger partial charge in [0.25, 0.3) is 5.91 Å². The van der Waals surface area contributed by atoms with E-state index in [2.05, 4.69) is 20.9 Å². The van der Waals surface area contributed by atoms with Gasteiger partial charge in [0.1, 0.15) is 0 Å². The molecule has 0 heterocycles. The summed E-state index contributed by atoms with van der Waals surface area (Å²) in [5.74, 6) is -2.18. The number of esters is 1. The Bertz CT molecular complexity index is 713. The van der Waals surface area contributed by atoms with Crippen LogP contribution in [0.1, 0.15) is 30.9 Å². The van der Waals surface area contributed by atoms with Crippen molar-refractivity contribution >= 4 is 29.4 Å². The number of aryl methyl sites for hydroxylation is 2. The van der Waals surface area contributed by atoms with E-state index >= 15 is 0 Å². The molecule has 0 aliphatic rings. The number of hydrazine groups is 1. The van der Waals surface area contributed by atoms with Crippen LogP contribution in [0.15, 0.2) is 30.4 Å². The van der Waals surface area contributed by atoms with Crippen molar-refractivity contribution in [3.63, 3.8) is 0 Å². The maximum Gasteiger partial charge on any atom is 0.330 e. The van der Waals surface area contributed by atoms with Crippen molar-refractivity contribution < 1.29 is 23.9 Å². The maximum atomic E-state index is 11.9. The Labute approximate surface area is 152 Å². The maximum absolute atomic E-state index is 11.9. The first-order valence-electron chi connectivity index (χ1n) is 8.12. The third kappa shape index (κ3) is 8.09. The number of ether oxygens (including phenoxy) is 1. The minimum absolute atomic E-state index is 0.0340. The average Bonchev–Trinajstić information content (AvgIpc) is 2.59. The van der Waals surface area contributed by atoms with Crippen LogP contribution in [-0.2, 0) is 23.9 Å². The Morgan fingerprint density at radius 2 is 1.69 bits per heavy atom. The molecule has 0 aliphatic carbocycles. The average molecular weight is 361 g/mol. The second kappa shape index (κ2) is 10.7. The van der Waals surface area contributed by atoms with Gasteiger partial charge < -0.3 is 10.1 Å². The summed E-state index contributed by atoms with van der Waals surface area (Å²) in [7, 11) is 0. The van der Waals surface area contributed by atoms with Gasteiger partial charge in [-0.15, -0.1) is 0 Å². The zero-order valence-electron chi connectivity index (χ0n) is 15.0. The van der Waals surface area contributed by atoms with Gasteiger partial charge in [-0.3, -0.25) is 25.2 Å². The van der Waals surface area contributed by atoms with Crippen LogP contribution in [-0.4, -0.2) is 30.3 Å². The number of nitrogens with one attached hydrogen (secondary N) is 3. The third-order valence-electron chi connectivity index (χ3n) is 3.23. The monoisotopic (exact) mass is 361 g/mol. The van der Waals surface area contributed by atoms with Gasteiger partial charge in [0.05, 0.1) is 6.61 Å². The fourth-order valence-corrected chi connectivity index (χ4v) is 1.88. The number of carbonyl (C=O) groups excluding carboxylic acids is 4. The van der Waals surface area contributed by atoms with E-state index in [1.807, 2.05) is 32.0 Å². The molecule has 0 spiro atoms. The number of hydrogen-bond donors (Lipinski definition) is 3. The van der Waals surface area contributed by atoms with E-state index in [9.17, 15) is 19.2 Å². The van der Waals surface area contributed by atoms with Crippen LogP contribution >= 0.6 is 0 Å². The van der Waals surface area contributed by atoms with E-state index in [-0.39, 0.29) is 25.4 Å². The Kier molecular flexibility index (Phi) is 8.56. The van der Waals surface area contributed by atoms with E-state index in [0.29, 0.717) is 5.69 Å². The van der Waals surface area contributed by atoms with Crippen LogP contribution in [0.4, 0.5) is 5.69 Å². The molecule has 0 unspecified atom stereocenters. The summed E-state index contributed by atoms with van der Waals surface area (Å²) in [6.45, 7) is 5.64. The molecule has 1 aromatic carbocycles. The van der Waals surface area contributed by atoms with Crippen molar-refractivity contribution in [2.24, 2.45) is 0 Å². The minimum atomic E-state index is -0.689. The van der Waals surface area contributed by atoms with E-state index in [1.54, 1.807) is 6.92 Å². The van der Waals surface area contributed by atoms with Crippen molar-refractivity contribution in [2.45, 2.75) is 33.6 Å². The molecule has 0 atom stereocenters. The Morgan fingerprint density at radius 1 is 1.00 bits per heavy atom. The molecule has 0 radical (unpaired) electrons. The van der Waals surface area contributed by atoms with Crippen molar-refractivity contribution in [3.05, 3.63) is 41.5 Å². The van der Waals surface area contributed by atoms with E-state index < -0.39 is 17.8 Å². The summed E-state index contributed by atoms with van der Waals surface area (Å²) in [5.41, 5.74) is 6.90. The lowest BCUT2D eigenvalue weighted by atomic mass is 10.1. The SMILES string of the molecule is CCOC(=O)C=CC(=O)NNC(=O)CCC(=O)Nc1cc(C)ccc1C. The lowest BCUT2D eigenvalue weighted by Crippen LogP contribution is -2.41. The molecule has 0 aliphatic heterocycles. The molecule has 26 heavy (non-hydrogen) atoms. The minimum Gasteiger partial charge on any atom is -0.463 e. The summed E-state index contributed by atoms with van der Waals surface area (Å²) in [6, 6.07) is 5.69. The smallest absolute Gasteiger partial charge is 0.330 e. The Morgan fingerprint density at radius 3 is 2.38 bits per heavy atom. The lowest BCUT2D eigenvalue weighted by molar-refractivity contribution is -0.137. The predicted molar refractivity (Wildman–Crippen MR) is 95.8 cm³/mol. The van der Waals surface area contributed by atoms with Crippen molar-refractivity contribution in [1.82, 2.24) is 10.9 Å². The topological polar surface area (TPSA) is 114 Å². The highest BCUT2D eigenvalue weighted by atomic mass is 16.5. The predicted octanol–water partition coefficient (Wildman–Crippen LogP) is 1.29. The molecule has 140 valence electrons. The van der Waals surface area contributed by atoms with Crippen LogP contribution in [0.5, 0.6) is 0 Å². The molecule has 3 amide bonds. The van der Waals surface area contributed by atoms with Gasteiger partial charge in [0.15, 0.2) is 0 Å². The quantitative estimate of drug-likeness (QED) is 0.385. The number of anilines is 1. The van der Waals surface area contributed by atoms with E-state index in [1.165, 1.54) is 0 Å². The van der Waals surface area contributed by atoms with E-state index in [4.69, 9.17) is 0 Å². The molecule has 3 N–H and O–H groups in total. The van der Waals surface area contributed by atoms with Crippen LogP contribution in [0.3, 0.4) is 0 Å². The summed E-state index contributed by atoms with van der Waals surface area (Å²) in [4.78, 5) is 46.0. The summed E-state index contributed by atoms with van der Waals surface area (Å²) in [5, 5.41) is 2.75. The number of hydrogen-bond acceptors (Lipinski definition) is 5. The highest BCUT2D eigenvalue weighted by Crippen LogP contribution is 2.16. The van der Waals surface area contributed by atoms with Gasteiger partial charge in [-0.25, -0.2) is 4.79 Å². The molecule has 1 rings (SSSR count). The van der Waals surface area contributed by atoms with Crippen molar-refractivity contribution in [3.8, 4) is 0 Å². The molecule has 0 bridgehead atoms. The molecule has 0 fully saturated rings. The first-order valence-corrected chi connectivity index (χ1v) is 8.12. The van der Waals surface area contributed by atoms with Crippen molar-refractivity contribution in [2.75, 3.05) is 11.9 Å². The molecule has 8 heteroatoms. The highest BCUT2D eigenvalue weighted by Gasteiger charge is 2.09. The molecule has 8 nitrogen and oxygen atoms in total. The third-order valence-corrected chi connectivity index (χ3v) is 3.23. The summed E-state index contributed by atoms with van der Waals surface area (Å²) >= 11 is 0. The number of carbonyl (C=O) groups is 4. The first-order chi connectivity index (χ1) is 12.3. The number of rotatable bonds is 7. The van der Waals surface area contributed by atoms with E-state index in [0.717, 1.165) is 23.3 Å². The first kappa shape index (κ1) is 20.9. The normalized spacial score (nSPS) is 10.3. The zero-order valence-corrected chi connectivity index (χ0v) is 15.0. The van der Waals surface area contributed by atoms with Gasteiger partial charge in [-0.05, 0) is 38.0 Å². The second-order valence-electron chi connectivity index (χ2n) is 5.49. The fraction of sp³-hybridized carbons (Fsp3) is 0.333. The molecular formula is C18H23N3O5. The largest absolute Gasteiger partial charge is 0.463 e. The van der Waals surface area contributed by atoms with Crippen LogP contribution in [0.2, 0.25) is 0 Å². The zero-order chi connectivity index (χ0) is 19.5. The summed E-state index contributed by atoms with van der Waals surface area (Å²) < 4.78 is 4.61. The molecule has 0 saturated carbocycles. The fourth-order valence-electron chi connectivity index (χ4n) is 1.88. The van der Waals surface area contributed by atoms with Gasteiger partial charge >= 0.3 is 5.97 Å². The van der Waals surface area contributed by atoms with Crippen molar-refractivity contribution in [1.29, 1.82) is 0 Å². The molecule has 0 aromatic heterocycles. The second-order valence-corrected chi connectivity index (χ2v) is 5.49. The summed E-state index contributed by atoms with van der Waals surface area (Å²) in [6.07, 6.45) is 1.75. The van der Waals surface area contributed by atoms with Gasteiger partial charge in [-0.2, -0.15) is 0 Å². The number of benzene rings is 1. The highest BCUT2D eigenvalue weighted by molar-refractivity contribution is 5.96. The molecule has 0 saturated heterocycles. The Hall–Kier alpha value is -3.16. The van der Waals surface area contributed by atoms with Gasteiger partial charge in [0, 0.05) is 30.7 Å². The van der Waals surface area contributed by atoms with Gasteiger partial charge in [0.2, 0.25) is 11.8 Å². The standard InChI is InChI=1S/C18H23N3O5/c1-4-26-18(25)10-9-17(24)21-20-16(23)8-7-15(22)19-14-11-12(2)5-6-13(14)3/h5-6,9-11H,4,7-8H2,1-3H3,(H,19,22)(H,20,23)(H,21,24). The molecular weight excluding hydrogens is 338 g/mol.